The standard InChI is InChI=1S/C15H16Br2OS/c1-3-10-7-8-19-15(10)14(17)11-5-6-13(18-4-2)12(16)9-11/h5-9,14H,3-4H2,1-2H3. The molecule has 0 aliphatic carbocycles. The number of benzene rings is 1. The fourth-order valence-electron chi connectivity index (χ4n) is 1.96. The zero-order valence-electron chi connectivity index (χ0n) is 11.0. The van der Waals surface area contributed by atoms with Gasteiger partial charge in [0.1, 0.15) is 5.75 Å². The molecule has 1 aromatic carbocycles. The maximum Gasteiger partial charge on any atom is 0.133 e. The summed E-state index contributed by atoms with van der Waals surface area (Å²) in [6.45, 7) is 4.87. The normalized spacial score (nSPS) is 12.4. The van der Waals surface area contributed by atoms with Crippen molar-refractivity contribution >= 4 is 43.2 Å². The van der Waals surface area contributed by atoms with E-state index in [1.165, 1.54) is 16.0 Å². The summed E-state index contributed by atoms with van der Waals surface area (Å²) in [5.74, 6) is 0.896. The quantitative estimate of drug-likeness (QED) is 0.560. The number of hydrogen-bond acceptors (Lipinski definition) is 2. The summed E-state index contributed by atoms with van der Waals surface area (Å²) >= 11 is 9.19. The van der Waals surface area contributed by atoms with Crippen molar-refractivity contribution in [3.8, 4) is 5.75 Å². The molecule has 0 saturated carbocycles. The lowest BCUT2D eigenvalue weighted by molar-refractivity contribution is 0.338. The van der Waals surface area contributed by atoms with Crippen LogP contribution in [0.4, 0.5) is 0 Å². The number of thiophene rings is 1. The first-order valence-electron chi connectivity index (χ1n) is 6.29. The van der Waals surface area contributed by atoms with Crippen LogP contribution in [-0.4, -0.2) is 6.61 Å². The Labute approximate surface area is 135 Å². The number of hydrogen-bond donors (Lipinski definition) is 0. The number of ether oxygens (including phenoxy) is 1. The van der Waals surface area contributed by atoms with Crippen LogP contribution in [0.25, 0.3) is 0 Å². The zero-order chi connectivity index (χ0) is 13.8. The van der Waals surface area contributed by atoms with Crippen LogP contribution >= 0.6 is 43.2 Å². The van der Waals surface area contributed by atoms with Gasteiger partial charge in [-0.1, -0.05) is 28.9 Å². The molecule has 0 fully saturated rings. The molecule has 1 aromatic heterocycles. The minimum Gasteiger partial charge on any atom is -0.493 e. The molecule has 1 unspecified atom stereocenters. The minimum atomic E-state index is 0.245. The van der Waals surface area contributed by atoms with E-state index in [9.17, 15) is 0 Å². The Bertz CT molecular complexity index is 551. The van der Waals surface area contributed by atoms with E-state index in [2.05, 4.69) is 62.4 Å². The minimum absolute atomic E-state index is 0.245. The second-order valence-corrected chi connectivity index (χ2v) is 6.87. The Balaban J connectivity index is 2.29. The van der Waals surface area contributed by atoms with Gasteiger partial charge in [-0.2, -0.15) is 0 Å². The average Bonchev–Trinajstić information content (AvgIpc) is 2.88. The molecular formula is C15H16Br2OS. The highest BCUT2D eigenvalue weighted by Crippen LogP contribution is 2.39. The van der Waals surface area contributed by atoms with Crippen LogP contribution in [0.15, 0.2) is 34.1 Å². The van der Waals surface area contributed by atoms with Gasteiger partial charge in [-0.25, -0.2) is 0 Å². The molecule has 19 heavy (non-hydrogen) atoms. The third kappa shape index (κ3) is 3.41. The Morgan fingerprint density at radius 2 is 2.05 bits per heavy atom. The second kappa shape index (κ2) is 6.91. The van der Waals surface area contributed by atoms with Gasteiger partial charge in [-0.05, 0) is 64.0 Å². The molecule has 0 aliphatic heterocycles. The molecule has 102 valence electrons. The van der Waals surface area contributed by atoms with Gasteiger partial charge < -0.3 is 4.74 Å². The van der Waals surface area contributed by atoms with E-state index >= 15 is 0 Å². The molecule has 4 heteroatoms. The van der Waals surface area contributed by atoms with Gasteiger partial charge in [0.05, 0.1) is 15.9 Å². The Kier molecular flexibility index (Phi) is 5.48. The van der Waals surface area contributed by atoms with Gasteiger partial charge in [0.2, 0.25) is 0 Å². The Morgan fingerprint density at radius 1 is 1.26 bits per heavy atom. The lowest BCUT2D eigenvalue weighted by Gasteiger charge is -2.13. The van der Waals surface area contributed by atoms with E-state index in [1.807, 2.05) is 13.0 Å². The van der Waals surface area contributed by atoms with Crippen LogP contribution in [-0.2, 0) is 6.42 Å². The molecule has 1 heterocycles. The van der Waals surface area contributed by atoms with Gasteiger partial charge in [0, 0.05) is 4.88 Å². The Hall–Kier alpha value is -0.320. The topological polar surface area (TPSA) is 9.23 Å². The summed E-state index contributed by atoms with van der Waals surface area (Å²) in [5.41, 5.74) is 2.66. The highest BCUT2D eigenvalue weighted by Gasteiger charge is 2.16. The van der Waals surface area contributed by atoms with Crippen molar-refractivity contribution in [1.29, 1.82) is 0 Å². The maximum atomic E-state index is 5.55. The largest absolute Gasteiger partial charge is 0.493 e. The first-order chi connectivity index (χ1) is 9.17. The van der Waals surface area contributed by atoms with Gasteiger partial charge in [0.25, 0.3) is 0 Å². The number of alkyl halides is 1. The molecule has 0 N–H and O–H groups in total. The molecular weight excluding hydrogens is 388 g/mol. The predicted molar refractivity (Wildman–Crippen MR) is 89.8 cm³/mol. The summed E-state index contributed by atoms with van der Waals surface area (Å²) in [6.07, 6.45) is 1.07. The van der Waals surface area contributed by atoms with Crippen LogP contribution in [0, 0.1) is 0 Å². The number of aryl methyl sites for hydroxylation is 1. The SMILES string of the molecule is CCOc1ccc(C(Br)c2sccc2CC)cc1Br. The monoisotopic (exact) mass is 402 g/mol. The van der Waals surface area contributed by atoms with E-state index in [4.69, 9.17) is 4.74 Å². The van der Waals surface area contributed by atoms with Crippen molar-refractivity contribution in [3.05, 3.63) is 50.1 Å². The zero-order valence-corrected chi connectivity index (χ0v) is 14.9. The fraction of sp³-hybridized carbons (Fsp3) is 0.333. The summed E-state index contributed by atoms with van der Waals surface area (Å²) in [7, 11) is 0. The Morgan fingerprint density at radius 3 is 2.68 bits per heavy atom. The lowest BCUT2D eigenvalue weighted by Crippen LogP contribution is -1.96. The second-order valence-electron chi connectivity index (χ2n) is 4.15. The molecule has 0 saturated heterocycles. The third-order valence-electron chi connectivity index (χ3n) is 2.94. The first kappa shape index (κ1) is 15.1. The van der Waals surface area contributed by atoms with E-state index in [0.29, 0.717) is 6.61 Å². The van der Waals surface area contributed by atoms with Crippen molar-refractivity contribution in [2.24, 2.45) is 0 Å². The smallest absolute Gasteiger partial charge is 0.133 e. The molecule has 0 aliphatic rings. The summed E-state index contributed by atoms with van der Waals surface area (Å²) < 4.78 is 6.55. The van der Waals surface area contributed by atoms with Crippen molar-refractivity contribution < 1.29 is 4.74 Å². The van der Waals surface area contributed by atoms with Crippen molar-refractivity contribution in [1.82, 2.24) is 0 Å². The average molecular weight is 404 g/mol. The van der Waals surface area contributed by atoms with Gasteiger partial charge >= 0.3 is 0 Å². The molecule has 1 atom stereocenters. The molecule has 2 aromatic rings. The molecule has 0 radical (unpaired) electrons. The van der Waals surface area contributed by atoms with E-state index in [1.54, 1.807) is 11.3 Å². The summed E-state index contributed by atoms with van der Waals surface area (Å²) in [5, 5.41) is 2.16. The van der Waals surface area contributed by atoms with E-state index < -0.39 is 0 Å². The van der Waals surface area contributed by atoms with Crippen molar-refractivity contribution in [2.45, 2.75) is 25.1 Å². The predicted octanol–water partition coefficient (Wildman–Crippen LogP) is 5.96. The molecule has 2 rings (SSSR count). The van der Waals surface area contributed by atoms with Crippen molar-refractivity contribution in [2.75, 3.05) is 6.61 Å². The van der Waals surface area contributed by atoms with Crippen LogP contribution in [0.5, 0.6) is 5.75 Å². The first-order valence-corrected chi connectivity index (χ1v) is 8.88. The molecule has 0 amide bonds. The van der Waals surface area contributed by atoms with Crippen LogP contribution in [0.2, 0.25) is 0 Å². The number of rotatable bonds is 5. The fourth-order valence-corrected chi connectivity index (χ4v) is 4.37. The van der Waals surface area contributed by atoms with E-state index in [0.717, 1.165) is 16.6 Å². The maximum absolute atomic E-state index is 5.55. The highest BCUT2D eigenvalue weighted by molar-refractivity contribution is 9.10. The highest BCUT2D eigenvalue weighted by atomic mass is 79.9. The summed E-state index contributed by atoms with van der Waals surface area (Å²) in [6, 6.07) is 8.48. The van der Waals surface area contributed by atoms with Gasteiger partial charge in [-0.3, -0.25) is 0 Å². The molecule has 0 bridgehead atoms. The number of halogens is 2. The van der Waals surface area contributed by atoms with Gasteiger partial charge in [-0.15, -0.1) is 11.3 Å². The molecule has 0 spiro atoms. The van der Waals surface area contributed by atoms with Crippen LogP contribution in [0.3, 0.4) is 0 Å². The van der Waals surface area contributed by atoms with Crippen LogP contribution in [0.1, 0.15) is 34.7 Å². The van der Waals surface area contributed by atoms with E-state index in [-0.39, 0.29) is 4.83 Å². The van der Waals surface area contributed by atoms with Crippen LogP contribution < -0.4 is 4.74 Å². The summed E-state index contributed by atoms with van der Waals surface area (Å²) in [4.78, 5) is 1.63. The third-order valence-corrected chi connectivity index (χ3v) is 5.87. The van der Waals surface area contributed by atoms with Crippen molar-refractivity contribution in [3.63, 3.8) is 0 Å². The molecule has 1 nitrogen and oxygen atoms in total. The van der Waals surface area contributed by atoms with Gasteiger partial charge in [0.15, 0.2) is 0 Å². The lowest BCUT2D eigenvalue weighted by atomic mass is 10.1.